The van der Waals surface area contributed by atoms with E-state index < -0.39 is 11.7 Å². The Bertz CT molecular complexity index is 1460. The van der Waals surface area contributed by atoms with Crippen molar-refractivity contribution in [1.82, 2.24) is 24.6 Å². The molecule has 0 spiro atoms. The summed E-state index contributed by atoms with van der Waals surface area (Å²) < 4.78 is 41.5. The molecule has 1 fully saturated rings. The maximum Gasteiger partial charge on any atom is 0.416 e. The number of amides is 2. The van der Waals surface area contributed by atoms with Gasteiger partial charge in [-0.05, 0) is 38.8 Å². The molecular weight excluding hydrogens is 511 g/mol. The third-order valence-electron chi connectivity index (χ3n) is 6.18. The summed E-state index contributed by atoms with van der Waals surface area (Å²) in [6.07, 6.45) is -1.22. The van der Waals surface area contributed by atoms with Crippen LogP contribution < -0.4 is 5.32 Å². The Morgan fingerprint density at radius 2 is 2.03 bits per heavy atom. The van der Waals surface area contributed by atoms with Crippen molar-refractivity contribution in [3.8, 4) is 11.3 Å². The van der Waals surface area contributed by atoms with Gasteiger partial charge in [-0.15, -0.1) is 22.7 Å². The van der Waals surface area contributed by atoms with Crippen LogP contribution in [0, 0.1) is 13.8 Å². The molecule has 0 unspecified atom stereocenters. The average Bonchev–Trinajstić information content (AvgIpc) is 3.60. The van der Waals surface area contributed by atoms with Gasteiger partial charge in [0.05, 0.1) is 22.0 Å². The number of carbonyl (C=O) groups is 2. The summed E-state index contributed by atoms with van der Waals surface area (Å²) in [6.45, 7) is 4.26. The van der Waals surface area contributed by atoms with E-state index in [4.69, 9.17) is 0 Å². The number of halogens is 3. The predicted molar refractivity (Wildman–Crippen MR) is 131 cm³/mol. The molecule has 1 N–H and O–H groups in total. The number of imidazole rings is 1. The topological polar surface area (TPSA) is 79.6 Å². The Labute approximate surface area is 212 Å². The highest BCUT2D eigenvalue weighted by Gasteiger charge is 2.34. The normalized spacial score (nSPS) is 16.1. The lowest BCUT2D eigenvalue weighted by molar-refractivity contribution is -0.137. The molecule has 1 aliphatic rings. The number of nitrogens with one attached hydrogen (secondary N) is 1. The molecule has 1 saturated heterocycles. The van der Waals surface area contributed by atoms with E-state index in [0.29, 0.717) is 34.2 Å². The Morgan fingerprint density at radius 1 is 1.22 bits per heavy atom. The van der Waals surface area contributed by atoms with E-state index in [1.165, 1.54) is 23.5 Å². The molecule has 5 rings (SSSR count). The maximum absolute atomic E-state index is 13.6. The highest BCUT2D eigenvalue weighted by Crippen LogP contribution is 2.35. The Hall–Kier alpha value is -3.25. The van der Waals surface area contributed by atoms with Gasteiger partial charge in [-0.3, -0.25) is 14.0 Å². The molecule has 0 saturated carbocycles. The van der Waals surface area contributed by atoms with Crippen LogP contribution in [0.3, 0.4) is 0 Å². The second-order valence-corrected chi connectivity index (χ2v) is 10.7. The molecule has 4 aromatic rings. The molecule has 0 bridgehead atoms. The fourth-order valence-corrected chi connectivity index (χ4v) is 6.17. The Kier molecular flexibility index (Phi) is 6.33. The minimum absolute atomic E-state index is 0.232. The molecule has 1 aromatic carbocycles. The average molecular weight is 534 g/mol. The molecule has 188 valence electrons. The van der Waals surface area contributed by atoms with Gasteiger partial charge in [-0.25, -0.2) is 9.97 Å². The number of nitrogens with zero attached hydrogens (tertiary/aromatic N) is 4. The van der Waals surface area contributed by atoms with Gasteiger partial charge in [-0.2, -0.15) is 13.2 Å². The molecular formula is C24H22F3N5O2S2. The standard InChI is InChI=1S/C24H22F3N5O2S2/c1-13-19(32-9-10-35-23(32)29-13)21(33)28-12-17-7-4-8-31(17)22(34)20-18(30-14(2)36-20)15-5-3-6-16(11-15)24(25,26)27/h3,5-6,9-11,17H,4,7-8,12H2,1-2H3,(H,28,33)/t17-/m0/s1. The smallest absolute Gasteiger partial charge is 0.349 e. The quantitative estimate of drug-likeness (QED) is 0.383. The number of hydrogen-bond acceptors (Lipinski definition) is 6. The van der Waals surface area contributed by atoms with Crippen LogP contribution in [0.2, 0.25) is 0 Å². The van der Waals surface area contributed by atoms with Crippen LogP contribution in [-0.4, -0.2) is 50.2 Å². The lowest BCUT2D eigenvalue weighted by Gasteiger charge is -2.25. The molecule has 7 nitrogen and oxygen atoms in total. The molecule has 1 atom stereocenters. The number of benzene rings is 1. The number of rotatable bonds is 5. The monoisotopic (exact) mass is 533 g/mol. The molecule has 2 amide bonds. The van der Waals surface area contributed by atoms with Gasteiger partial charge in [0, 0.05) is 36.3 Å². The fraction of sp³-hybridized carbons (Fsp3) is 0.333. The van der Waals surface area contributed by atoms with E-state index in [-0.39, 0.29) is 35.7 Å². The number of alkyl halides is 3. The minimum Gasteiger partial charge on any atom is -0.349 e. The van der Waals surface area contributed by atoms with Crippen molar-refractivity contribution < 1.29 is 22.8 Å². The zero-order valence-corrected chi connectivity index (χ0v) is 21.1. The van der Waals surface area contributed by atoms with Crippen molar-refractivity contribution in [2.75, 3.05) is 13.1 Å². The minimum atomic E-state index is -4.49. The molecule has 1 aliphatic heterocycles. The van der Waals surface area contributed by atoms with Crippen LogP contribution in [0.1, 0.15) is 49.3 Å². The Morgan fingerprint density at radius 3 is 2.81 bits per heavy atom. The van der Waals surface area contributed by atoms with Gasteiger partial charge < -0.3 is 10.2 Å². The number of aromatic nitrogens is 3. The van der Waals surface area contributed by atoms with Crippen LogP contribution in [0.25, 0.3) is 16.2 Å². The van der Waals surface area contributed by atoms with Crippen molar-refractivity contribution in [3.05, 3.63) is 62.7 Å². The fourth-order valence-electron chi connectivity index (χ4n) is 4.52. The maximum atomic E-state index is 13.6. The summed E-state index contributed by atoms with van der Waals surface area (Å²) in [5.74, 6) is -0.554. The first-order valence-electron chi connectivity index (χ1n) is 11.3. The van der Waals surface area contributed by atoms with Crippen molar-refractivity contribution in [1.29, 1.82) is 0 Å². The zero-order chi connectivity index (χ0) is 25.6. The lowest BCUT2D eigenvalue weighted by Crippen LogP contribution is -2.43. The second kappa shape index (κ2) is 9.32. The first-order valence-corrected chi connectivity index (χ1v) is 13.0. The van der Waals surface area contributed by atoms with Crippen LogP contribution in [0.5, 0.6) is 0 Å². The van der Waals surface area contributed by atoms with Crippen LogP contribution >= 0.6 is 22.7 Å². The molecule has 12 heteroatoms. The number of likely N-dealkylation sites (tertiary alicyclic amines) is 1. The predicted octanol–water partition coefficient (Wildman–Crippen LogP) is 5.19. The summed E-state index contributed by atoms with van der Waals surface area (Å²) in [5.41, 5.74) is 0.799. The van der Waals surface area contributed by atoms with Crippen molar-refractivity contribution in [2.24, 2.45) is 0 Å². The van der Waals surface area contributed by atoms with E-state index in [1.54, 1.807) is 29.3 Å². The summed E-state index contributed by atoms with van der Waals surface area (Å²) in [5, 5.41) is 5.38. The summed E-state index contributed by atoms with van der Waals surface area (Å²) in [7, 11) is 0. The van der Waals surface area contributed by atoms with Crippen molar-refractivity contribution in [3.63, 3.8) is 0 Å². The Balaban J connectivity index is 1.35. The number of thiazole rings is 2. The van der Waals surface area contributed by atoms with Gasteiger partial charge >= 0.3 is 6.18 Å². The van der Waals surface area contributed by atoms with E-state index in [1.807, 2.05) is 5.38 Å². The van der Waals surface area contributed by atoms with Crippen molar-refractivity contribution >= 4 is 39.4 Å². The van der Waals surface area contributed by atoms with Gasteiger partial charge in [0.15, 0.2) is 4.96 Å². The molecule has 3 aromatic heterocycles. The second-order valence-electron chi connectivity index (χ2n) is 8.60. The van der Waals surface area contributed by atoms with Gasteiger partial charge in [0.1, 0.15) is 10.6 Å². The number of carbonyl (C=O) groups excluding carboxylic acids is 2. The van der Waals surface area contributed by atoms with Gasteiger partial charge in [0.2, 0.25) is 0 Å². The summed E-state index contributed by atoms with van der Waals surface area (Å²) in [4.78, 5) is 38.0. The number of hydrogen-bond donors (Lipinski definition) is 1. The van der Waals surface area contributed by atoms with Crippen LogP contribution in [0.4, 0.5) is 13.2 Å². The van der Waals surface area contributed by atoms with Crippen LogP contribution in [0.15, 0.2) is 35.8 Å². The third-order valence-corrected chi connectivity index (χ3v) is 7.89. The van der Waals surface area contributed by atoms with E-state index in [2.05, 4.69) is 15.3 Å². The van der Waals surface area contributed by atoms with Gasteiger partial charge in [-0.1, -0.05) is 12.1 Å². The van der Waals surface area contributed by atoms with Crippen molar-refractivity contribution in [2.45, 2.75) is 38.9 Å². The van der Waals surface area contributed by atoms with Gasteiger partial charge in [0.25, 0.3) is 11.8 Å². The first kappa shape index (κ1) is 24.4. The zero-order valence-electron chi connectivity index (χ0n) is 19.4. The number of aryl methyl sites for hydroxylation is 2. The lowest BCUT2D eigenvalue weighted by atomic mass is 10.1. The largest absolute Gasteiger partial charge is 0.416 e. The summed E-state index contributed by atoms with van der Waals surface area (Å²) >= 11 is 2.61. The third kappa shape index (κ3) is 4.50. The highest BCUT2D eigenvalue weighted by atomic mass is 32.1. The first-order chi connectivity index (χ1) is 17.1. The van der Waals surface area contributed by atoms with E-state index in [0.717, 1.165) is 34.9 Å². The molecule has 0 radical (unpaired) electrons. The molecule has 0 aliphatic carbocycles. The van der Waals surface area contributed by atoms with E-state index >= 15 is 0 Å². The summed E-state index contributed by atoms with van der Waals surface area (Å²) in [6, 6.07) is 4.63. The van der Waals surface area contributed by atoms with E-state index in [9.17, 15) is 22.8 Å². The van der Waals surface area contributed by atoms with Crippen LogP contribution in [-0.2, 0) is 6.18 Å². The SMILES string of the molecule is Cc1nc(-c2cccc(C(F)(F)F)c2)c(C(=O)N2CCC[C@H]2CNC(=O)c2c(C)nc3sccn23)s1. The number of fused-ring (bicyclic) bond motifs is 1. The molecule has 36 heavy (non-hydrogen) atoms. The molecule has 4 heterocycles. The highest BCUT2D eigenvalue weighted by molar-refractivity contribution is 7.15.